The lowest BCUT2D eigenvalue weighted by atomic mass is 9.96. The number of hydrogen-bond acceptors (Lipinski definition) is 4. The molecule has 2 aliphatic rings. The van der Waals surface area contributed by atoms with Gasteiger partial charge in [-0.3, -0.25) is 0 Å². The molecule has 6 heteroatoms. The number of nitrogens with zero attached hydrogens (tertiary/aromatic N) is 2. The van der Waals surface area contributed by atoms with Gasteiger partial charge in [-0.1, -0.05) is 46.6 Å². The molecule has 3 aromatic carbocycles. The van der Waals surface area contributed by atoms with Gasteiger partial charge in [-0.05, 0) is 66.6 Å². The summed E-state index contributed by atoms with van der Waals surface area (Å²) in [6.45, 7) is 2.81. The van der Waals surface area contributed by atoms with Crippen LogP contribution in [0.3, 0.4) is 0 Å². The molecule has 0 amide bonds. The van der Waals surface area contributed by atoms with Gasteiger partial charge in [-0.2, -0.15) is 5.10 Å². The summed E-state index contributed by atoms with van der Waals surface area (Å²) in [7, 11) is 0. The van der Waals surface area contributed by atoms with Gasteiger partial charge in [0.15, 0.2) is 0 Å². The van der Waals surface area contributed by atoms with Crippen molar-refractivity contribution in [1.29, 1.82) is 0 Å². The highest BCUT2D eigenvalue weighted by Crippen LogP contribution is 2.48. The molecule has 0 spiro atoms. The number of fused-ring (bicyclic) bond motifs is 3. The van der Waals surface area contributed by atoms with Gasteiger partial charge in [-0.25, -0.2) is 5.01 Å². The molecule has 5 rings (SSSR count). The SMILES string of the molecule is CCCOc1ccc(C2Oc3ccc(Br)cc3C3CC(c4ccc(Cl)cc4)=NN32)cc1. The van der Waals surface area contributed by atoms with Crippen molar-refractivity contribution in [3.8, 4) is 11.5 Å². The molecule has 0 saturated carbocycles. The summed E-state index contributed by atoms with van der Waals surface area (Å²) in [6, 6.07) is 22.3. The van der Waals surface area contributed by atoms with E-state index in [1.807, 2.05) is 48.5 Å². The normalized spacial score (nSPS) is 19.3. The van der Waals surface area contributed by atoms with E-state index in [0.717, 1.165) is 56.2 Å². The molecule has 0 radical (unpaired) electrons. The number of halogens is 2. The second-order valence-corrected chi connectivity index (χ2v) is 9.08. The van der Waals surface area contributed by atoms with Crippen LogP contribution >= 0.6 is 27.5 Å². The zero-order chi connectivity index (χ0) is 21.4. The van der Waals surface area contributed by atoms with Crippen LogP contribution < -0.4 is 9.47 Å². The van der Waals surface area contributed by atoms with Crippen molar-refractivity contribution in [2.24, 2.45) is 5.10 Å². The Balaban J connectivity index is 1.52. The summed E-state index contributed by atoms with van der Waals surface area (Å²) >= 11 is 9.69. The van der Waals surface area contributed by atoms with Gasteiger partial charge >= 0.3 is 0 Å². The van der Waals surface area contributed by atoms with E-state index in [0.29, 0.717) is 6.61 Å². The fourth-order valence-electron chi connectivity index (χ4n) is 4.04. The first-order valence-electron chi connectivity index (χ1n) is 10.4. The average Bonchev–Trinajstić information content (AvgIpc) is 3.24. The standard InChI is InChI=1S/C25H22BrClN2O2/c1-2-13-30-20-10-5-17(6-11-20)25-29-23(21-14-18(26)7-12-24(21)31-25)15-22(28-29)16-3-8-19(27)9-4-16/h3-12,14,23,25H,2,13,15H2,1H3. The number of benzene rings is 3. The minimum absolute atomic E-state index is 0.105. The summed E-state index contributed by atoms with van der Waals surface area (Å²) in [5.41, 5.74) is 4.30. The molecule has 0 fully saturated rings. The predicted octanol–water partition coefficient (Wildman–Crippen LogP) is 7.13. The minimum Gasteiger partial charge on any atom is -0.494 e. The molecule has 0 bridgehead atoms. The average molecular weight is 498 g/mol. The molecule has 4 nitrogen and oxygen atoms in total. The van der Waals surface area contributed by atoms with Crippen LogP contribution in [0.2, 0.25) is 5.02 Å². The number of rotatable bonds is 5. The molecule has 0 aromatic heterocycles. The predicted molar refractivity (Wildman–Crippen MR) is 127 cm³/mol. The Morgan fingerprint density at radius 1 is 1.10 bits per heavy atom. The zero-order valence-electron chi connectivity index (χ0n) is 17.1. The number of hydrazone groups is 1. The highest BCUT2D eigenvalue weighted by molar-refractivity contribution is 9.10. The molecule has 2 aliphatic heterocycles. The second kappa shape index (κ2) is 8.56. The van der Waals surface area contributed by atoms with Crippen LogP contribution in [-0.2, 0) is 0 Å². The number of ether oxygens (including phenoxy) is 2. The van der Waals surface area contributed by atoms with Gasteiger partial charge in [0.1, 0.15) is 11.5 Å². The highest BCUT2D eigenvalue weighted by atomic mass is 79.9. The van der Waals surface area contributed by atoms with Crippen molar-refractivity contribution in [2.75, 3.05) is 6.61 Å². The Hall–Kier alpha value is -2.50. The van der Waals surface area contributed by atoms with Gasteiger partial charge in [0.2, 0.25) is 6.23 Å². The molecule has 2 unspecified atom stereocenters. The van der Waals surface area contributed by atoms with E-state index in [9.17, 15) is 0 Å². The van der Waals surface area contributed by atoms with Gasteiger partial charge in [0, 0.05) is 27.0 Å². The first-order valence-corrected chi connectivity index (χ1v) is 11.6. The summed E-state index contributed by atoms with van der Waals surface area (Å²) in [4.78, 5) is 0. The second-order valence-electron chi connectivity index (χ2n) is 7.72. The lowest BCUT2D eigenvalue weighted by Crippen LogP contribution is -2.33. The van der Waals surface area contributed by atoms with Crippen LogP contribution in [0.25, 0.3) is 0 Å². The van der Waals surface area contributed by atoms with Gasteiger partial charge in [-0.15, -0.1) is 0 Å². The molecule has 3 aromatic rings. The van der Waals surface area contributed by atoms with Gasteiger partial charge < -0.3 is 9.47 Å². The Morgan fingerprint density at radius 3 is 2.61 bits per heavy atom. The maximum Gasteiger partial charge on any atom is 0.213 e. The van der Waals surface area contributed by atoms with E-state index < -0.39 is 0 Å². The van der Waals surface area contributed by atoms with Crippen molar-refractivity contribution < 1.29 is 9.47 Å². The van der Waals surface area contributed by atoms with Gasteiger partial charge in [0.05, 0.1) is 18.4 Å². The summed E-state index contributed by atoms with van der Waals surface area (Å²) in [5.74, 6) is 1.77. The number of hydrogen-bond donors (Lipinski definition) is 0. The van der Waals surface area contributed by atoms with Crippen LogP contribution in [0.1, 0.15) is 48.7 Å². The first kappa shape index (κ1) is 20.4. The third-order valence-corrected chi connectivity index (χ3v) is 6.31. The van der Waals surface area contributed by atoms with Crippen LogP contribution in [0.5, 0.6) is 11.5 Å². The molecular formula is C25H22BrClN2O2. The van der Waals surface area contributed by atoms with E-state index in [2.05, 4.69) is 46.1 Å². The van der Waals surface area contributed by atoms with Crippen LogP contribution in [-0.4, -0.2) is 17.3 Å². The lowest BCUT2D eigenvalue weighted by Gasteiger charge is -2.38. The van der Waals surface area contributed by atoms with Crippen molar-refractivity contribution in [1.82, 2.24) is 5.01 Å². The van der Waals surface area contributed by atoms with Crippen LogP contribution in [0, 0.1) is 0 Å². The van der Waals surface area contributed by atoms with E-state index in [-0.39, 0.29) is 12.3 Å². The quantitative estimate of drug-likeness (QED) is 0.376. The lowest BCUT2D eigenvalue weighted by molar-refractivity contribution is -0.0191. The maximum atomic E-state index is 6.45. The van der Waals surface area contributed by atoms with Crippen molar-refractivity contribution in [3.05, 3.63) is 92.9 Å². The van der Waals surface area contributed by atoms with E-state index in [1.165, 1.54) is 0 Å². The van der Waals surface area contributed by atoms with Crippen LogP contribution in [0.4, 0.5) is 0 Å². The van der Waals surface area contributed by atoms with E-state index >= 15 is 0 Å². The van der Waals surface area contributed by atoms with E-state index in [1.54, 1.807) is 0 Å². The fraction of sp³-hybridized carbons (Fsp3) is 0.240. The smallest absolute Gasteiger partial charge is 0.213 e. The Kier molecular flexibility index (Phi) is 5.63. The molecule has 31 heavy (non-hydrogen) atoms. The van der Waals surface area contributed by atoms with Crippen LogP contribution in [0.15, 0.2) is 76.3 Å². The molecule has 0 saturated heterocycles. The van der Waals surface area contributed by atoms with Crippen molar-refractivity contribution in [3.63, 3.8) is 0 Å². The molecule has 0 N–H and O–H groups in total. The van der Waals surface area contributed by atoms with Crippen molar-refractivity contribution in [2.45, 2.75) is 32.0 Å². The minimum atomic E-state index is -0.302. The summed E-state index contributed by atoms with van der Waals surface area (Å²) in [6.07, 6.45) is 1.49. The maximum absolute atomic E-state index is 6.45. The largest absolute Gasteiger partial charge is 0.494 e. The fourth-order valence-corrected chi connectivity index (χ4v) is 4.55. The zero-order valence-corrected chi connectivity index (χ0v) is 19.4. The van der Waals surface area contributed by atoms with Gasteiger partial charge in [0.25, 0.3) is 0 Å². The molecule has 2 heterocycles. The molecule has 0 aliphatic carbocycles. The first-order chi connectivity index (χ1) is 15.1. The van der Waals surface area contributed by atoms with Crippen molar-refractivity contribution >= 4 is 33.2 Å². The van der Waals surface area contributed by atoms with E-state index in [4.69, 9.17) is 26.2 Å². The Bertz CT molecular complexity index is 1120. The molecule has 2 atom stereocenters. The molecule has 158 valence electrons. The third kappa shape index (κ3) is 4.04. The third-order valence-electron chi connectivity index (χ3n) is 5.57. The summed E-state index contributed by atoms with van der Waals surface area (Å²) in [5, 5.41) is 7.81. The molecular weight excluding hydrogens is 476 g/mol. The highest BCUT2D eigenvalue weighted by Gasteiger charge is 2.41. The summed E-state index contributed by atoms with van der Waals surface area (Å²) < 4.78 is 13.2. The Labute approximate surface area is 195 Å². The monoisotopic (exact) mass is 496 g/mol. The topological polar surface area (TPSA) is 34.1 Å². The Morgan fingerprint density at radius 2 is 1.87 bits per heavy atom.